The van der Waals surface area contributed by atoms with Gasteiger partial charge in [0.15, 0.2) is 0 Å². The Morgan fingerprint density at radius 3 is 2.83 bits per heavy atom. The Kier molecular flexibility index (Phi) is 3.97. The number of carbonyl (C=O) groups excluding carboxylic acids is 1. The quantitative estimate of drug-likeness (QED) is 0.822. The summed E-state index contributed by atoms with van der Waals surface area (Å²) in [5, 5.41) is 9.60. The summed E-state index contributed by atoms with van der Waals surface area (Å²) < 4.78 is 0. The molecule has 0 saturated carbocycles. The van der Waals surface area contributed by atoms with Gasteiger partial charge in [-0.25, -0.2) is 0 Å². The Morgan fingerprint density at radius 1 is 1.33 bits per heavy atom. The van der Waals surface area contributed by atoms with E-state index < -0.39 is 0 Å². The van der Waals surface area contributed by atoms with Crippen molar-refractivity contribution in [3.05, 3.63) is 29.1 Å². The lowest BCUT2D eigenvalue weighted by Gasteiger charge is -2.21. The number of rotatable bonds is 1. The first-order valence-electron chi connectivity index (χ1n) is 6.49. The lowest BCUT2D eigenvalue weighted by molar-refractivity contribution is 0.0752. The Hall–Kier alpha value is -1.42. The first kappa shape index (κ1) is 13.0. The molecule has 0 aliphatic carbocycles. The maximum atomic E-state index is 12.4. The van der Waals surface area contributed by atoms with Crippen LogP contribution in [0.15, 0.2) is 12.1 Å². The highest BCUT2D eigenvalue weighted by Gasteiger charge is 2.21. The van der Waals surface area contributed by atoms with E-state index in [1.165, 1.54) is 0 Å². The van der Waals surface area contributed by atoms with Crippen molar-refractivity contribution in [3.63, 3.8) is 0 Å². The molecule has 0 spiro atoms. The number of pyridine rings is 1. The highest BCUT2D eigenvalue weighted by atomic mass is 16.3. The van der Waals surface area contributed by atoms with E-state index >= 15 is 0 Å². The van der Waals surface area contributed by atoms with E-state index in [0.29, 0.717) is 18.5 Å². The topological polar surface area (TPSA) is 53.4 Å². The number of aromatic nitrogens is 1. The lowest BCUT2D eigenvalue weighted by Crippen LogP contribution is -2.32. The number of aryl methyl sites for hydroxylation is 2. The van der Waals surface area contributed by atoms with Crippen molar-refractivity contribution in [2.24, 2.45) is 0 Å². The van der Waals surface area contributed by atoms with Gasteiger partial charge in [0.2, 0.25) is 0 Å². The molecule has 0 radical (unpaired) electrons. The fourth-order valence-corrected chi connectivity index (χ4v) is 2.36. The molecule has 1 N–H and O–H groups in total. The maximum absolute atomic E-state index is 12.4. The van der Waals surface area contributed by atoms with Gasteiger partial charge in [-0.3, -0.25) is 9.78 Å². The lowest BCUT2D eigenvalue weighted by atomic mass is 10.1. The van der Waals surface area contributed by atoms with Crippen LogP contribution < -0.4 is 0 Å². The minimum Gasteiger partial charge on any atom is -0.393 e. The predicted octanol–water partition coefficient (Wildman–Crippen LogP) is 1.69. The van der Waals surface area contributed by atoms with Crippen LogP contribution in [0.25, 0.3) is 0 Å². The summed E-state index contributed by atoms with van der Waals surface area (Å²) in [5.41, 5.74) is 2.39. The van der Waals surface area contributed by atoms with Crippen molar-refractivity contribution >= 4 is 5.91 Å². The summed E-state index contributed by atoms with van der Waals surface area (Å²) in [4.78, 5) is 18.6. The molecule has 2 heterocycles. The summed E-state index contributed by atoms with van der Waals surface area (Å²) in [6.45, 7) is 5.15. The van der Waals surface area contributed by atoms with E-state index in [0.717, 1.165) is 30.8 Å². The Balaban J connectivity index is 2.15. The normalized spacial score (nSPS) is 20.6. The van der Waals surface area contributed by atoms with Crippen LogP contribution in [0, 0.1) is 13.8 Å². The molecule has 4 heteroatoms. The van der Waals surface area contributed by atoms with Gasteiger partial charge in [0.25, 0.3) is 5.91 Å². The number of aliphatic hydroxyl groups excluding tert-OH is 1. The molecule has 0 bridgehead atoms. The number of carbonyl (C=O) groups is 1. The molecule has 98 valence electrons. The Labute approximate surface area is 108 Å². The number of amides is 1. The third-order valence-electron chi connectivity index (χ3n) is 3.44. The van der Waals surface area contributed by atoms with Crippen molar-refractivity contribution in [2.45, 2.75) is 39.2 Å². The molecule has 1 atom stereocenters. The third kappa shape index (κ3) is 2.88. The van der Waals surface area contributed by atoms with Crippen molar-refractivity contribution in [1.29, 1.82) is 0 Å². The van der Waals surface area contributed by atoms with E-state index in [9.17, 15) is 9.90 Å². The number of nitrogens with zero attached hydrogens (tertiary/aromatic N) is 2. The van der Waals surface area contributed by atoms with Gasteiger partial charge >= 0.3 is 0 Å². The van der Waals surface area contributed by atoms with E-state index in [-0.39, 0.29) is 12.0 Å². The van der Waals surface area contributed by atoms with Crippen LogP contribution in [-0.4, -0.2) is 40.1 Å². The van der Waals surface area contributed by atoms with E-state index in [1.54, 1.807) is 0 Å². The highest BCUT2D eigenvalue weighted by Crippen LogP contribution is 2.15. The molecule has 4 nitrogen and oxygen atoms in total. The maximum Gasteiger partial charge on any atom is 0.255 e. The molecular formula is C14H20N2O2. The molecule has 1 amide bonds. The van der Waals surface area contributed by atoms with E-state index in [4.69, 9.17) is 0 Å². The summed E-state index contributed by atoms with van der Waals surface area (Å²) in [5.74, 6) is 0.0362. The average molecular weight is 248 g/mol. The van der Waals surface area contributed by atoms with Crippen molar-refractivity contribution in [2.75, 3.05) is 13.1 Å². The Bertz CT molecular complexity index is 445. The first-order valence-corrected chi connectivity index (χ1v) is 6.49. The average Bonchev–Trinajstić information content (AvgIpc) is 2.53. The molecule has 1 unspecified atom stereocenters. The zero-order chi connectivity index (χ0) is 13.1. The van der Waals surface area contributed by atoms with Crippen molar-refractivity contribution in [1.82, 2.24) is 9.88 Å². The predicted molar refractivity (Wildman–Crippen MR) is 69.5 cm³/mol. The van der Waals surface area contributed by atoms with E-state index in [1.807, 2.05) is 30.9 Å². The van der Waals surface area contributed by atoms with Crippen LogP contribution in [0.1, 0.15) is 41.0 Å². The van der Waals surface area contributed by atoms with Gasteiger partial charge in [-0.2, -0.15) is 0 Å². The molecule has 1 fully saturated rings. The van der Waals surface area contributed by atoms with Gasteiger partial charge in [0, 0.05) is 18.8 Å². The third-order valence-corrected chi connectivity index (χ3v) is 3.44. The highest BCUT2D eigenvalue weighted by molar-refractivity contribution is 5.95. The van der Waals surface area contributed by atoms with Gasteiger partial charge < -0.3 is 10.0 Å². The van der Waals surface area contributed by atoms with Gasteiger partial charge in [0.05, 0.1) is 17.4 Å². The molecule has 1 aliphatic rings. The molecule has 0 aromatic carbocycles. The summed E-state index contributed by atoms with van der Waals surface area (Å²) in [7, 11) is 0. The second kappa shape index (κ2) is 5.48. The van der Waals surface area contributed by atoms with Gasteiger partial charge in [-0.1, -0.05) is 0 Å². The zero-order valence-electron chi connectivity index (χ0n) is 11.0. The molecular weight excluding hydrogens is 228 g/mol. The number of likely N-dealkylation sites (tertiary alicyclic amines) is 1. The van der Waals surface area contributed by atoms with Crippen LogP contribution in [0.3, 0.4) is 0 Å². The van der Waals surface area contributed by atoms with Crippen molar-refractivity contribution in [3.8, 4) is 0 Å². The SMILES string of the molecule is Cc1ccc(C(=O)N2CCCC(O)CC2)c(C)n1. The molecule has 18 heavy (non-hydrogen) atoms. The molecule has 1 aromatic heterocycles. The number of hydrogen-bond acceptors (Lipinski definition) is 3. The monoisotopic (exact) mass is 248 g/mol. The van der Waals surface area contributed by atoms with Crippen LogP contribution in [0.5, 0.6) is 0 Å². The summed E-state index contributed by atoms with van der Waals surface area (Å²) in [6, 6.07) is 3.72. The zero-order valence-corrected chi connectivity index (χ0v) is 11.0. The molecule has 1 aliphatic heterocycles. The van der Waals surface area contributed by atoms with Crippen LogP contribution in [0.4, 0.5) is 0 Å². The molecule has 1 aromatic rings. The fraction of sp³-hybridized carbons (Fsp3) is 0.571. The van der Waals surface area contributed by atoms with Gasteiger partial charge in [0.1, 0.15) is 0 Å². The van der Waals surface area contributed by atoms with Gasteiger partial charge in [-0.05, 0) is 45.2 Å². The smallest absolute Gasteiger partial charge is 0.255 e. The first-order chi connectivity index (χ1) is 8.58. The second-order valence-electron chi connectivity index (χ2n) is 4.96. The van der Waals surface area contributed by atoms with Gasteiger partial charge in [-0.15, -0.1) is 0 Å². The number of hydrogen-bond donors (Lipinski definition) is 1. The second-order valence-corrected chi connectivity index (χ2v) is 4.96. The largest absolute Gasteiger partial charge is 0.393 e. The van der Waals surface area contributed by atoms with Crippen LogP contribution >= 0.6 is 0 Å². The van der Waals surface area contributed by atoms with Crippen LogP contribution in [-0.2, 0) is 0 Å². The fourth-order valence-electron chi connectivity index (χ4n) is 2.36. The van der Waals surface area contributed by atoms with E-state index in [2.05, 4.69) is 4.98 Å². The number of aliphatic hydroxyl groups is 1. The minimum absolute atomic E-state index is 0.0362. The molecule has 1 saturated heterocycles. The molecule has 2 rings (SSSR count). The Morgan fingerprint density at radius 2 is 2.11 bits per heavy atom. The summed E-state index contributed by atoms with van der Waals surface area (Å²) in [6.07, 6.45) is 2.06. The summed E-state index contributed by atoms with van der Waals surface area (Å²) >= 11 is 0. The van der Waals surface area contributed by atoms with Crippen molar-refractivity contribution < 1.29 is 9.90 Å². The minimum atomic E-state index is -0.264. The standard InChI is InChI=1S/C14H20N2O2/c1-10-5-6-13(11(2)15-10)14(18)16-8-3-4-12(17)7-9-16/h5-6,12,17H,3-4,7-9H2,1-2H3. The van der Waals surface area contributed by atoms with Crippen LogP contribution in [0.2, 0.25) is 0 Å².